The van der Waals surface area contributed by atoms with Crippen LogP contribution in [-0.2, 0) is 11.3 Å². The highest BCUT2D eigenvalue weighted by molar-refractivity contribution is 5.26. The highest BCUT2D eigenvalue weighted by Gasteiger charge is 2.31. The molecule has 120 valence electrons. The van der Waals surface area contributed by atoms with Gasteiger partial charge in [-0.3, -0.25) is 0 Å². The van der Waals surface area contributed by atoms with Gasteiger partial charge in [-0.2, -0.15) is 0 Å². The van der Waals surface area contributed by atoms with Crippen LogP contribution in [-0.4, -0.2) is 18.3 Å². The molecule has 0 radical (unpaired) electrons. The Balaban J connectivity index is 2.72. The largest absolute Gasteiger partial charge is 0.394 e. The van der Waals surface area contributed by atoms with Crippen molar-refractivity contribution in [2.45, 2.75) is 60.5 Å². The van der Waals surface area contributed by atoms with E-state index in [1.807, 2.05) is 0 Å². The summed E-state index contributed by atoms with van der Waals surface area (Å²) in [5.74, 6) is 0.518. The first kappa shape index (κ1) is 18.2. The fraction of sp³-hybridized carbons (Fsp3) is 0.684. The topological polar surface area (TPSA) is 29.5 Å². The maximum Gasteiger partial charge on any atom is 0.0718 e. The molecular weight excluding hydrogens is 260 g/mol. The molecule has 0 heterocycles. The molecule has 0 saturated carbocycles. The van der Waals surface area contributed by atoms with Crippen LogP contribution >= 0.6 is 0 Å². The quantitative estimate of drug-likeness (QED) is 0.734. The molecule has 0 amide bonds. The van der Waals surface area contributed by atoms with Gasteiger partial charge in [-0.15, -0.1) is 0 Å². The van der Waals surface area contributed by atoms with Gasteiger partial charge >= 0.3 is 0 Å². The molecule has 2 heteroatoms. The fourth-order valence-corrected chi connectivity index (χ4v) is 3.13. The van der Waals surface area contributed by atoms with Crippen molar-refractivity contribution >= 4 is 0 Å². The Morgan fingerprint density at radius 1 is 1.05 bits per heavy atom. The third-order valence-electron chi connectivity index (χ3n) is 4.14. The van der Waals surface area contributed by atoms with Crippen LogP contribution in [0.15, 0.2) is 24.3 Å². The van der Waals surface area contributed by atoms with Gasteiger partial charge in [-0.25, -0.2) is 0 Å². The number of ether oxygens (including phenoxy) is 1. The van der Waals surface area contributed by atoms with Crippen molar-refractivity contribution in [2.75, 3.05) is 13.2 Å². The van der Waals surface area contributed by atoms with Gasteiger partial charge in [-0.1, -0.05) is 65.8 Å². The highest BCUT2D eigenvalue weighted by Crippen LogP contribution is 2.43. The van der Waals surface area contributed by atoms with Crippen molar-refractivity contribution in [3.05, 3.63) is 35.4 Å². The first-order valence-corrected chi connectivity index (χ1v) is 7.93. The number of hydrogen-bond donors (Lipinski definition) is 1. The average molecular weight is 292 g/mol. The van der Waals surface area contributed by atoms with Crippen molar-refractivity contribution in [2.24, 2.45) is 10.8 Å². The van der Waals surface area contributed by atoms with Gasteiger partial charge in [0, 0.05) is 0 Å². The van der Waals surface area contributed by atoms with E-state index in [2.05, 4.69) is 65.8 Å². The number of aliphatic hydroxyl groups excluding tert-OH is 1. The normalized spacial score (nSPS) is 14.2. The first-order chi connectivity index (χ1) is 9.65. The third-order valence-corrected chi connectivity index (χ3v) is 4.14. The standard InChI is InChI=1S/C19H32O2/c1-15(19(5,6)14-18(2,3)4)17-9-7-16(8-10-17)13-21-12-11-20/h7-10,15,20H,11-14H2,1-6H3. The maximum absolute atomic E-state index is 8.72. The minimum Gasteiger partial charge on any atom is -0.394 e. The molecule has 2 nitrogen and oxygen atoms in total. The predicted molar refractivity (Wildman–Crippen MR) is 89.5 cm³/mol. The molecule has 0 saturated heterocycles. The first-order valence-electron chi connectivity index (χ1n) is 7.93. The van der Waals surface area contributed by atoms with E-state index in [4.69, 9.17) is 9.84 Å². The van der Waals surface area contributed by atoms with E-state index in [9.17, 15) is 0 Å². The number of rotatable bonds is 7. The number of hydrogen-bond acceptors (Lipinski definition) is 2. The van der Waals surface area contributed by atoms with Gasteiger partial charge in [0.2, 0.25) is 0 Å². The molecule has 0 spiro atoms. The maximum atomic E-state index is 8.72. The zero-order chi connectivity index (χ0) is 16.1. The van der Waals surface area contributed by atoms with E-state index in [0.717, 1.165) is 5.56 Å². The van der Waals surface area contributed by atoms with Crippen molar-refractivity contribution in [1.29, 1.82) is 0 Å². The second kappa shape index (κ2) is 7.42. The smallest absolute Gasteiger partial charge is 0.0718 e. The lowest BCUT2D eigenvalue weighted by atomic mass is 9.67. The van der Waals surface area contributed by atoms with E-state index < -0.39 is 0 Å². The average Bonchev–Trinajstić information content (AvgIpc) is 2.36. The summed E-state index contributed by atoms with van der Waals surface area (Å²) in [4.78, 5) is 0. The van der Waals surface area contributed by atoms with Gasteiger partial charge in [-0.05, 0) is 34.3 Å². The predicted octanol–water partition coefficient (Wildman–Crippen LogP) is 4.76. The highest BCUT2D eigenvalue weighted by atomic mass is 16.5. The monoisotopic (exact) mass is 292 g/mol. The Morgan fingerprint density at radius 3 is 2.10 bits per heavy atom. The summed E-state index contributed by atoms with van der Waals surface area (Å²) in [6.07, 6.45) is 1.20. The summed E-state index contributed by atoms with van der Waals surface area (Å²) in [5.41, 5.74) is 3.16. The van der Waals surface area contributed by atoms with Crippen molar-refractivity contribution in [1.82, 2.24) is 0 Å². The van der Waals surface area contributed by atoms with Crippen LogP contribution in [0.4, 0.5) is 0 Å². The molecule has 1 unspecified atom stereocenters. The van der Waals surface area contributed by atoms with E-state index in [1.54, 1.807) is 0 Å². The summed E-state index contributed by atoms with van der Waals surface area (Å²) in [5, 5.41) is 8.72. The molecule has 1 rings (SSSR count). The van der Waals surface area contributed by atoms with E-state index in [-0.39, 0.29) is 12.0 Å². The van der Waals surface area contributed by atoms with Gasteiger partial charge in [0.05, 0.1) is 19.8 Å². The molecule has 0 aliphatic rings. The van der Waals surface area contributed by atoms with Crippen LogP contribution in [0, 0.1) is 10.8 Å². The van der Waals surface area contributed by atoms with Crippen molar-refractivity contribution in [3.8, 4) is 0 Å². The van der Waals surface area contributed by atoms with E-state index in [0.29, 0.717) is 24.5 Å². The Bertz CT molecular complexity index is 412. The van der Waals surface area contributed by atoms with E-state index >= 15 is 0 Å². The molecule has 1 N–H and O–H groups in total. The van der Waals surface area contributed by atoms with Crippen LogP contribution in [0.25, 0.3) is 0 Å². The van der Waals surface area contributed by atoms with Crippen LogP contribution < -0.4 is 0 Å². The Kier molecular flexibility index (Phi) is 6.42. The van der Waals surface area contributed by atoms with Crippen molar-refractivity contribution < 1.29 is 9.84 Å². The fourth-order valence-electron chi connectivity index (χ4n) is 3.13. The number of aliphatic hydroxyl groups is 1. The lowest BCUT2D eigenvalue weighted by molar-refractivity contribution is 0.0815. The van der Waals surface area contributed by atoms with Gasteiger partial charge in [0.25, 0.3) is 0 Å². The molecule has 0 aromatic heterocycles. The van der Waals surface area contributed by atoms with Crippen LogP contribution in [0.2, 0.25) is 0 Å². The van der Waals surface area contributed by atoms with Crippen LogP contribution in [0.3, 0.4) is 0 Å². The number of benzene rings is 1. The molecule has 1 aromatic rings. The van der Waals surface area contributed by atoms with Crippen LogP contribution in [0.5, 0.6) is 0 Å². The molecule has 0 aliphatic carbocycles. The zero-order valence-electron chi connectivity index (χ0n) is 14.6. The van der Waals surface area contributed by atoms with Gasteiger partial charge in [0.15, 0.2) is 0 Å². The minimum absolute atomic E-state index is 0.0795. The Hall–Kier alpha value is -0.860. The molecular formula is C19H32O2. The Morgan fingerprint density at radius 2 is 1.62 bits per heavy atom. The third kappa shape index (κ3) is 6.19. The van der Waals surface area contributed by atoms with Gasteiger partial charge in [0.1, 0.15) is 0 Å². The summed E-state index contributed by atoms with van der Waals surface area (Å²) < 4.78 is 5.35. The molecule has 0 fully saturated rings. The summed E-state index contributed by atoms with van der Waals surface area (Å²) in [6.45, 7) is 15.0. The molecule has 0 bridgehead atoms. The molecule has 1 atom stereocenters. The second-order valence-electron chi connectivity index (χ2n) is 7.97. The molecule has 0 aliphatic heterocycles. The SMILES string of the molecule is CC(c1ccc(COCCO)cc1)C(C)(C)CC(C)(C)C. The van der Waals surface area contributed by atoms with Crippen LogP contribution in [0.1, 0.15) is 65.0 Å². The lowest BCUT2D eigenvalue weighted by Crippen LogP contribution is -2.26. The second-order valence-corrected chi connectivity index (χ2v) is 7.97. The summed E-state index contributed by atoms with van der Waals surface area (Å²) in [6, 6.07) is 8.70. The van der Waals surface area contributed by atoms with Crippen molar-refractivity contribution in [3.63, 3.8) is 0 Å². The molecule has 1 aromatic carbocycles. The summed E-state index contributed by atoms with van der Waals surface area (Å²) >= 11 is 0. The van der Waals surface area contributed by atoms with Gasteiger partial charge < -0.3 is 9.84 Å². The Labute approximate surface area is 130 Å². The lowest BCUT2D eigenvalue weighted by Gasteiger charge is -2.38. The molecule has 21 heavy (non-hydrogen) atoms. The zero-order valence-corrected chi connectivity index (χ0v) is 14.6. The summed E-state index contributed by atoms with van der Waals surface area (Å²) in [7, 11) is 0. The van der Waals surface area contributed by atoms with E-state index in [1.165, 1.54) is 12.0 Å². The minimum atomic E-state index is 0.0795.